The van der Waals surface area contributed by atoms with E-state index in [4.69, 9.17) is 4.74 Å². The second-order valence-corrected chi connectivity index (χ2v) is 9.01. The van der Waals surface area contributed by atoms with E-state index in [0.29, 0.717) is 5.92 Å². The second-order valence-electron chi connectivity index (χ2n) is 9.01. The molecule has 1 saturated heterocycles. The number of ether oxygens (including phenoxy) is 1. The lowest BCUT2D eigenvalue weighted by Crippen LogP contribution is -2.32. The number of H-pyrrole nitrogens is 2. The fraction of sp³-hybridized carbons (Fsp3) is 0.478. The SMILES string of the molecule is COc1cccc(-c2cn[nH]c2C2CCN(Cc3cc(C(C)(C)C)n[nH]3)CC2)c1. The van der Waals surface area contributed by atoms with Crippen molar-refractivity contribution >= 4 is 0 Å². The van der Waals surface area contributed by atoms with Crippen molar-refractivity contribution in [2.75, 3.05) is 20.2 Å². The minimum absolute atomic E-state index is 0.0822. The number of nitrogens with zero attached hydrogens (tertiary/aromatic N) is 3. The second kappa shape index (κ2) is 8.03. The highest BCUT2D eigenvalue weighted by Gasteiger charge is 2.25. The summed E-state index contributed by atoms with van der Waals surface area (Å²) in [6, 6.07) is 10.4. The molecule has 0 aliphatic carbocycles. The monoisotopic (exact) mass is 393 g/mol. The van der Waals surface area contributed by atoms with Gasteiger partial charge in [-0.1, -0.05) is 32.9 Å². The third-order valence-corrected chi connectivity index (χ3v) is 5.84. The van der Waals surface area contributed by atoms with Crippen LogP contribution in [0.3, 0.4) is 0 Å². The Bertz CT molecular complexity index is 944. The molecule has 6 heteroatoms. The van der Waals surface area contributed by atoms with Gasteiger partial charge >= 0.3 is 0 Å². The molecule has 0 amide bonds. The lowest BCUT2D eigenvalue weighted by Gasteiger charge is -2.31. The molecule has 0 radical (unpaired) electrons. The lowest BCUT2D eigenvalue weighted by atomic mass is 9.89. The highest BCUT2D eigenvalue weighted by molar-refractivity contribution is 5.67. The Morgan fingerprint density at radius 1 is 1.14 bits per heavy atom. The molecule has 0 saturated carbocycles. The largest absolute Gasteiger partial charge is 0.497 e. The van der Waals surface area contributed by atoms with Gasteiger partial charge in [0.1, 0.15) is 5.75 Å². The maximum Gasteiger partial charge on any atom is 0.119 e. The van der Waals surface area contributed by atoms with E-state index in [9.17, 15) is 0 Å². The Morgan fingerprint density at radius 3 is 2.62 bits per heavy atom. The number of aromatic nitrogens is 4. The maximum atomic E-state index is 5.39. The standard InChI is InChI=1S/C23H31N5O/c1-23(2,3)21-13-18(25-26-21)15-28-10-8-16(9-11-28)22-20(14-24-27-22)17-6-5-7-19(12-17)29-4/h5-7,12-14,16H,8-11,15H2,1-4H3,(H,24,27)(H,25,26). The van der Waals surface area contributed by atoms with Gasteiger partial charge in [-0.15, -0.1) is 0 Å². The minimum Gasteiger partial charge on any atom is -0.497 e. The van der Waals surface area contributed by atoms with Crippen molar-refractivity contribution in [3.8, 4) is 16.9 Å². The van der Waals surface area contributed by atoms with E-state index in [1.807, 2.05) is 18.3 Å². The van der Waals surface area contributed by atoms with Crippen LogP contribution in [0.4, 0.5) is 0 Å². The number of benzene rings is 1. The van der Waals surface area contributed by atoms with Gasteiger partial charge < -0.3 is 4.74 Å². The average Bonchev–Trinajstić information content (AvgIpc) is 3.38. The molecule has 0 bridgehead atoms. The molecule has 6 nitrogen and oxygen atoms in total. The maximum absolute atomic E-state index is 5.39. The molecular formula is C23H31N5O. The summed E-state index contributed by atoms with van der Waals surface area (Å²) in [5.41, 5.74) is 6.00. The highest BCUT2D eigenvalue weighted by Crippen LogP contribution is 2.35. The first kappa shape index (κ1) is 19.7. The van der Waals surface area contributed by atoms with Gasteiger partial charge in [-0.25, -0.2) is 0 Å². The van der Waals surface area contributed by atoms with Gasteiger partial charge in [-0.05, 0) is 49.7 Å². The van der Waals surface area contributed by atoms with E-state index in [0.717, 1.165) is 49.5 Å². The van der Waals surface area contributed by atoms with E-state index in [1.165, 1.54) is 17.0 Å². The summed E-state index contributed by atoms with van der Waals surface area (Å²) >= 11 is 0. The fourth-order valence-corrected chi connectivity index (χ4v) is 4.08. The molecule has 0 spiro atoms. The van der Waals surface area contributed by atoms with Crippen LogP contribution < -0.4 is 4.74 Å². The van der Waals surface area contributed by atoms with Crippen molar-refractivity contribution in [3.63, 3.8) is 0 Å². The number of aromatic amines is 2. The molecule has 3 aromatic rings. The van der Waals surface area contributed by atoms with Crippen LogP contribution in [0, 0.1) is 0 Å². The summed E-state index contributed by atoms with van der Waals surface area (Å²) in [6.07, 6.45) is 4.19. The van der Waals surface area contributed by atoms with Crippen LogP contribution in [-0.4, -0.2) is 45.5 Å². The van der Waals surface area contributed by atoms with Crippen molar-refractivity contribution in [2.24, 2.45) is 0 Å². The van der Waals surface area contributed by atoms with Crippen LogP contribution in [0.5, 0.6) is 5.75 Å². The molecular weight excluding hydrogens is 362 g/mol. The molecule has 1 fully saturated rings. The number of rotatable bonds is 5. The van der Waals surface area contributed by atoms with Crippen LogP contribution in [-0.2, 0) is 12.0 Å². The van der Waals surface area contributed by atoms with Gasteiger partial charge in [0.05, 0.1) is 19.0 Å². The van der Waals surface area contributed by atoms with Crippen molar-refractivity contribution in [3.05, 3.63) is 53.6 Å². The molecule has 29 heavy (non-hydrogen) atoms. The van der Waals surface area contributed by atoms with Crippen molar-refractivity contribution < 1.29 is 4.74 Å². The summed E-state index contributed by atoms with van der Waals surface area (Å²) in [5.74, 6) is 1.38. The predicted molar refractivity (Wildman–Crippen MR) is 115 cm³/mol. The molecule has 1 aromatic carbocycles. The summed E-state index contributed by atoms with van der Waals surface area (Å²) in [7, 11) is 1.70. The van der Waals surface area contributed by atoms with E-state index in [1.54, 1.807) is 7.11 Å². The van der Waals surface area contributed by atoms with Crippen molar-refractivity contribution in [1.82, 2.24) is 25.3 Å². The van der Waals surface area contributed by atoms with Gasteiger partial charge in [0.2, 0.25) is 0 Å². The van der Waals surface area contributed by atoms with Gasteiger partial charge in [0, 0.05) is 34.8 Å². The number of methoxy groups -OCH3 is 1. The molecule has 2 N–H and O–H groups in total. The van der Waals surface area contributed by atoms with Crippen LogP contribution in [0.25, 0.3) is 11.1 Å². The normalized spacial score (nSPS) is 16.3. The highest BCUT2D eigenvalue weighted by atomic mass is 16.5. The van der Waals surface area contributed by atoms with Gasteiger partial charge in [-0.2, -0.15) is 10.2 Å². The Hall–Kier alpha value is -2.60. The number of nitrogens with one attached hydrogen (secondary N) is 2. The fourth-order valence-electron chi connectivity index (χ4n) is 4.08. The van der Waals surface area contributed by atoms with Crippen LogP contribution in [0.15, 0.2) is 36.5 Å². The van der Waals surface area contributed by atoms with E-state index in [2.05, 4.69) is 64.3 Å². The van der Waals surface area contributed by atoms with Gasteiger partial charge in [-0.3, -0.25) is 15.1 Å². The first-order valence-electron chi connectivity index (χ1n) is 10.4. The minimum atomic E-state index is 0.0822. The first-order valence-corrected chi connectivity index (χ1v) is 10.4. The molecule has 1 aliphatic rings. The first-order chi connectivity index (χ1) is 13.9. The number of piperidine rings is 1. The van der Waals surface area contributed by atoms with Gasteiger partial charge in [0.15, 0.2) is 0 Å². The van der Waals surface area contributed by atoms with E-state index >= 15 is 0 Å². The summed E-state index contributed by atoms with van der Waals surface area (Å²) in [5, 5.41) is 15.3. The zero-order chi connectivity index (χ0) is 20.4. The Morgan fingerprint density at radius 2 is 1.93 bits per heavy atom. The third-order valence-electron chi connectivity index (χ3n) is 5.84. The van der Waals surface area contributed by atoms with Crippen LogP contribution >= 0.6 is 0 Å². The molecule has 2 aromatic heterocycles. The number of likely N-dealkylation sites (tertiary alicyclic amines) is 1. The molecule has 3 heterocycles. The smallest absolute Gasteiger partial charge is 0.119 e. The predicted octanol–water partition coefficient (Wildman–Crippen LogP) is 4.49. The third kappa shape index (κ3) is 4.37. The summed E-state index contributed by atoms with van der Waals surface area (Å²) in [4.78, 5) is 2.51. The Kier molecular flexibility index (Phi) is 5.46. The molecule has 154 valence electrons. The molecule has 0 atom stereocenters. The van der Waals surface area contributed by atoms with Crippen molar-refractivity contribution in [2.45, 2.75) is 51.5 Å². The molecule has 1 aliphatic heterocycles. The van der Waals surface area contributed by atoms with E-state index in [-0.39, 0.29) is 5.41 Å². The lowest BCUT2D eigenvalue weighted by molar-refractivity contribution is 0.201. The zero-order valence-electron chi connectivity index (χ0n) is 17.8. The van der Waals surface area contributed by atoms with Crippen LogP contribution in [0.1, 0.15) is 56.6 Å². The van der Waals surface area contributed by atoms with Gasteiger partial charge in [0.25, 0.3) is 0 Å². The quantitative estimate of drug-likeness (QED) is 0.670. The Labute approximate surface area is 172 Å². The molecule has 0 unspecified atom stereocenters. The number of hydrogen-bond donors (Lipinski definition) is 2. The number of hydrogen-bond acceptors (Lipinski definition) is 4. The van der Waals surface area contributed by atoms with E-state index < -0.39 is 0 Å². The summed E-state index contributed by atoms with van der Waals surface area (Å²) in [6.45, 7) is 9.67. The topological polar surface area (TPSA) is 69.8 Å². The summed E-state index contributed by atoms with van der Waals surface area (Å²) < 4.78 is 5.39. The van der Waals surface area contributed by atoms with Crippen molar-refractivity contribution in [1.29, 1.82) is 0 Å². The average molecular weight is 394 g/mol. The van der Waals surface area contributed by atoms with Crippen LogP contribution in [0.2, 0.25) is 0 Å². The zero-order valence-corrected chi connectivity index (χ0v) is 17.8. The molecule has 4 rings (SSSR count). The Balaban J connectivity index is 1.40.